The van der Waals surface area contributed by atoms with E-state index in [1.54, 1.807) is 0 Å². The van der Waals surface area contributed by atoms with Crippen LogP contribution in [0, 0.1) is 6.92 Å². The van der Waals surface area contributed by atoms with E-state index in [4.69, 9.17) is 5.73 Å². The molecule has 0 aliphatic carbocycles. The third-order valence-corrected chi connectivity index (χ3v) is 4.75. The Hall–Kier alpha value is -1.30. The largest absolute Gasteiger partial charge is 0.397 e. The molecule has 1 aromatic heterocycles. The minimum Gasteiger partial charge on any atom is -0.397 e. The highest BCUT2D eigenvalue weighted by atomic mass is 32.2. The summed E-state index contributed by atoms with van der Waals surface area (Å²) in [6.45, 7) is 1.85. The molecule has 2 heterocycles. The molecule has 0 amide bonds. The van der Waals surface area contributed by atoms with Crippen LogP contribution in [0.3, 0.4) is 0 Å². The summed E-state index contributed by atoms with van der Waals surface area (Å²) in [6, 6.07) is 3.82. The topological polar surface area (TPSA) is 85.1 Å². The average molecular weight is 255 g/mol. The Morgan fingerprint density at radius 1 is 1.35 bits per heavy atom. The lowest BCUT2D eigenvalue weighted by Crippen LogP contribution is -2.32. The third kappa shape index (κ3) is 3.09. The average Bonchev–Trinajstić information content (AvgIpc) is 2.27. The highest BCUT2D eigenvalue weighted by Gasteiger charge is 2.23. The zero-order valence-electron chi connectivity index (χ0n) is 9.81. The monoisotopic (exact) mass is 255 g/mol. The number of pyridine rings is 1. The molecule has 17 heavy (non-hydrogen) atoms. The van der Waals surface area contributed by atoms with E-state index >= 15 is 0 Å². The van der Waals surface area contributed by atoms with Gasteiger partial charge < -0.3 is 11.1 Å². The molecule has 2 rings (SSSR count). The predicted octanol–water partition coefficient (Wildman–Crippen LogP) is 0.961. The molecule has 0 atom stereocenters. The summed E-state index contributed by atoms with van der Waals surface area (Å²) in [5.41, 5.74) is 7.15. The van der Waals surface area contributed by atoms with Gasteiger partial charge in [0.15, 0.2) is 0 Å². The van der Waals surface area contributed by atoms with Crippen molar-refractivity contribution in [1.82, 2.24) is 4.98 Å². The van der Waals surface area contributed by atoms with Crippen molar-refractivity contribution in [3.05, 3.63) is 17.8 Å². The number of rotatable bonds is 2. The SMILES string of the molecule is Cc1nc(NC2CCS(=O)(=O)CC2)ccc1N. The fourth-order valence-electron chi connectivity index (χ4n) is 1.90. The summed E-state index contributed by atoms with van der Waals surface area (Å²) in [5.74, 6) is 1.29. The van der Waals surface area contributed by atoms with Crippen LogP contribution >= 0.6 is 0 Å². The first-order valence-corrected chi connectivity index (χ1v) is 7.48. The van der Waals surface area contributed by atoms with E-state index in [0.717, 1.165) is 11.5 Å². The van der Waals surface area contributed by atoms with Gasteiger partial charge in [-0.15, -0.1) is 0 Å². The Balaban J connectivity index is 2.00. The van der Waals surface area contributed by atoms with Crippen molar-refractivity contribution in [3.8, 4) is 0 Å². The molecule has 0 radical (unpaired) electrons. The van der Waals surface area contributed by atoms with Gasteiger partial charge in [0.2, 0.25) is 0 Å². The van der Waals surface area contributed by atoms with Crippen molar-refractivity contribution in [1.29, 1.82) is 0 Å². The van der Waals surface area contributed by atoms with Gasteiger partial charge in [0.1, 0.15) is 15.7 Å². The van der Waals surface area contributed by atoms with Crippen LogP contribution in [0.2, 0.25) is 0 Å². The number of nitrogen functional groups attached to an aromatic ring is 1. The van der Waals surface area contributed by atoms with E-state index in [-0.39, 0.29) is 17.5 Å². The fourth-order valence-corrected chi connectivity index (χ4v) is 3.39. The number of nitrogens with two attached hydrogens (primary N) is 1. The standard InChI is InChI=1S/C11H17N3O2S/c1-8-10(12)2-3-11(13-8)14-9-4-6-17(15,16)7-5-9/h2-3,9H,4-7,12H2,1H3,(H,13,14). The van der Waals surface area contributed by atoms with Gasteiger partial charge >= 0.3 is 0 Å². The van der Waals surface area contributed by atoms with Crippen LogP contribution in [-0.2, 0) is 9.84 Å². The maximum absolute atomic E-state index is 11.3. The highest BCUT2D eigenvalue weighted by molar-refractivity contribution is 7.91. The highest BCUT2D eigenvalue weighted by Crippen LogP contribution is 2.18. The van der Waals surface area contributed by atoms with Gasteiger partial charge in [-0.3, -0.25) is 0 Å². The summed E-state index contributed by atoms with van der Waals surface area (Å²) < 4.78 is 22.6. The van der Waals surface area contributed by atoms with Crippen LogP contribution in [0.1, 0.15) is 18.5 Å². The Morgan fingerprint density at radius 3 is 2.59 bits per heavy atom. The van der Waals surface area contributed by atoms with Crippen LogP contribution in [0.4, 0.5) is 11.5 Å². The van der Waals surface area contributed by atoms with Crippen LogP contribution in [-0.4, -0.2) is 30.9 Å². The number of aryl methyl sites for hydroxylation is 1. The van der Waals surface area contributed by atoms with E-state index in [0.29, 0.717) is 18.5 Å². The number of hydrogen-bond acceptors (Lipinski definition) is 5. The van der Waals surface area contributed by atoms with Gasteiger partial charge in [0.05, 0.1) is 22.9 Å². The van der Waals surface area contributed by atoms with Crippen LogP contribution < -0.4 is 11.1 Å². The molecule has 1 aliphatic rings. The third-order valence-electron chi connectivity index (χ3n) is 3.03. The van der Waals surface area contributed by atoms with Crippen LogP contribution in [0.5, 0.6) is 0 Å². The summed E-state index contributed by atoms with van der Waals surface area (Å²) in [5, 5.41) is 3.26. The zero-order chi connectivity index (χ0) is 12.5. The van der Waals surface area contributed by atoms with Gasteiger partial charge in [-0.1, -0.05) is 0 Å². The molecule has 1 saturated heterocycles. The molecule has 0 aromatic carbocycles. The zero-order valence-corrected chi connectivity index (χ0v) is 10.6. The molecule has 3 N–H and O–H groups in total. The molecule has 0 bridgehead atoms. The number of aromatic nitrogens is 1. The van der Waals surface area contributed by atoms with Crippen molar-refractivity contribution in [2.24, 2.45) is 0 Å². The minimum absolute atomic E-state index is 0.189. The molecule has 94 valence electrons. The second-order valence-electron chi connectivity index (χ2n) is 4.44. The first-order chi connectivity index (χ1) is 7.96. The Bertz CT molecular complexity index is 499. The summed E-state index contributed by atoms with van der Waals surface area (Å²) in [4.78, 5) is 4.32. The van der Waals surface area contributed by atoms with Gasteiger partial charge in [0.25, 0.3) is 0 Å². The summed E-state index contributed by atoms with van der Waals surface area (Å²) in [7, 11) is -2.80. The second-order valence-corrected chi connectivity index (χ2v) is 6.75. The lowest BCUT2D eigenvalue weighted by atomic mass is 10.1. The Morgan fingerprint density at radius 2 is 2.00 bits per heavy atom. The molecule has 0 saturated carbocycles. The smallest absolute Gasteiger partial charge is 0.150 e. The number of nitrogens with zero attached hydrogens (tertiary/aromatic N) is 1. The van der Waals surface area contributed by atoms with Gasteiger partial charge in [-0.25, -0.2) is 13.4 Å². The molecule has 0 unspecified atom stereocenters. The van der Waals surface area contributed by atoms with Crippen molar-refractivity contribution in [3.63, 3.8) is 0 Å². The Labute approximate surface area is 101 Å². The molecular weight excluding hydrogens is 238 g/mol. The summed E-state index contributed by atoms with van der Waals surface area (Å²) in [6.07, 6.45) is 1.29. The first-order valence-electron chi connectivity index (χ1n) is 5.66. The molecular formula is C11H17N3O2S. The predicted molar refractivity (Wildman–Crippen MR) is 68.7 cm³/mol. The molecule has 1 aromatic rings. The van der Waals surface area contributed by atoms with E-state index in [2.05, 4.69) is 10.3 Å². The number of hydrogen-bond donors (Lipinski definition) is 2. The minimum atomic E-state index is -2.80. The molecule has 5 nitrogen and oxygen atoms in total. The molecule has 0 spiro atoms. The molecule has 1 fully saturated rings. The fraction of sp³-hybridized carbons (Fsp3) is 0.545. The first kappa shape index (κ1) is 12.2. The van der Waals surface area contributed by atoms with E-state index in [1.165, 1.54) is 0 Å². The molecule has 6 heteroatoms. The summed E-state index contributed by atoms with van der Waals surface area (Å²) >= 11 is 0. The van der Waals surface area contributed by atoms with Crippen LogP contribution in [0.25, 0.3) is 0 Å². The van der Waals surface area contributed by atoms with Crippen LogP contribution in [0.15, 0.2) is 12.1 Å². The van der Waals surface area contributed by atoms with Crippen molar-refractivity contribution in [2.45, 2.75) is 25.8 Å². The van der Waals surface area contributed by atoms with Gasteiger partial charge in [-0.2, -0.15) is 0 Å². The van der Waals surface area contributed by atoms with E-state index < -0.39 is 9.84 Å². The van der Waals surface area contributed by atoms with Crippen molar-refractivity contribution in [2.75, 3.05) is 22.6 Å². The number of sulfone groups is 1. The number of nitrogens with one attached hydrogen (secondary N) is 1. The maximum Gasteiger partial charge on any atom is 0.150 e. The Kier molecular flexibility index (Phi) is 3.24. The second kappa shape index (κ2) is 4.52. The quantitative estimate of drug-likeness (QED) is 0.822. The van der Waals surface area contributed by atoms with Gasteiger partial charge in [-0.05, 0) is 31.9 Å². The lowest BCUT2D eigenvalue weighted by Gasteiger charge is -2.23. The van der Waals surface area contributed by atoms with Crippen molar-refractivity contribution >= 4 is 21.3 Å². The number of anilines is 2. The molecule has 1 aliphatic heterocycles. The van der Waals surface area contributed by atoms with E-state index in [1.807, 2.05) is 19.1 Å². The lowest BCUT2D eigenvalue weighted by molar-refractivity contribution is 0.559. The van der Waals surface area contributed by atoms with Crippen molar-refractivity contribution < 1.29 is 8.42 Å². The normalized spacial score (nSPS) is 20.1. The van der Waals surface area contributed by atoms with E-state index in [9.17, 15) is 8.42 Å². The maximum atomic E-state index is 11.3. The van der Waals surface area contributed by atoms with Gasteiger partial charge in [0, 0.05) is 6.04 Å².